The van der Waals surface area contributed by atoms with E-state index in [9.17, 15) is 9.59 Å². The van der Waals surface area contributed by atoms with E-state index in [1.165, 1.54) is 92.0 Å². The number of hydrogen-bond donors (Lipinski definition) is 1. The van der Waals surface area contributed by atoms with Crippen molar-refractivity contribution >= 4 is 11.9 Å². The van der Waals surface area contributed by atoms with E-state index in [-0.39, 0.29) is 44.5 Å². The summed E-state index contributed by atoms with van der Waals surface area (Å²) in [5.41, 5.74) is 7.72. The van der Waals surface area contributed by atoms with E-state index in [1.54, 1.807) is 6.92 Å². The third kappa shape index (κ3) is 12.7. The van der Waals surface area contributed by atoms with Gasteiger partial charge in [-0.3, -0.25) is 0 Å². The van der Waals surface area contributed by atoms with Crippen LogP contribution < -0.4 is 0 Å². The molecule has 0 amide bonds. The van der Waals surface area contributed by atoms with E-state index in [0.717, 1.165) is 37.5 Å². The van der Waals surface area contributed by atoms with Crippen LogP contribution in [0.2, 0.25) is 0 Å². The van der Waals surface area contributed by atoms with Crippen molar-refractivity contribution in [3.63, 3.8) is 0 Å². The summed E-state index contributed by atoms with van der Waals surface area (Å²) in [6.07, 6.45) is 16.9. The molecule has 2 aromatic rings. The maximum atomic E-state index is 12.5. The highest BCUT2D eigenvalue weighted by Crippen LogP contribution is 2.45. The molecule has 2 saturated carbocycles. The maximum absolute atomic E-state index is 12.5. The zero-order valence-electron chi connectivity index (χ0n) is 31.8. The number of aryl methyl sites for hydroxylation is 2. The van der Waals surface area contributed by atoms with Crippen LogP contribution in [-0.4, -0.2) is 50.1 Å². The van der Waals surface area contributed by atoms with Gasteiger partial charge in [0.05, 0.1) is 38.6 Å². The first-order valence-corrected chi connectivity index (χ1v) is 19.8. The van der Waals surface area contributed by atoms with Crippen LogP contribution in [-0.2, 0) is 36.6 Å². The number of carbonyl (C=O) groups excluding carboxylic acids is 2. The lowest BCUT2D eigenvalue weighted by atomic mass is 9.67. The van der Waals surface area contributed by atoms with Gasteiger partial charge in [-0.25, -0.2) is 9.59 Å². The molecule has 0 heterocycles. The second kappa shape index (κ2) is 21.3. The number of unbranched alkanes of at least 4 members (excludes halogenated alkanes) is 2. The van der Waals surface area contributed by atoms with Crippen molar-refractivity contribution < 1.29 is 28.9 Å². The van der Waals surface area contributed by atoms with Crippen molar-refractivity contribution in [1.29, 1.82) is 0 Å². The molecule has 6 nitrogen and oxygen atoms in total. The van der Waals surface area contributed by atoms with Gasteiger partial charge in [0.15, 0.2) is 0 Å². The Hall–Kier alpha value is -3.22. The van der Waals surface area contributed by atoms with E-state index in [0.29, 0.717) is 17.4 Å². The fraction of sp³-hybridized carbons (Fsp3) is 0.600. The Kier molecular flexibility index (Phi) is 17.0. The zero-order valence-corrected chi connectivity index (χ0v) is 31.8. The lowest BCUT2D eigenvalue weighted by Gasteiger charge is -2.38. The van der Waals surface area contributed by atoms with Crippen molar-refractivity contribution in [1.82, 2.24) is 0 Å². The number of esters is 2. The SMILES string of the molecule is C=C(C)C(=O)OCC(COC(=O)C(=C)COCCO)CC1CCC(C2CCC(c3ccc(-c4ccc(CCCCC)cc4)c(CC)c3)CC2)CC1. The molecular formula is C45H64O6. The molecule has 0 aliphatic heterocycles. The quantitative estimate of drug-likeness (QED) is 0.0841. The fourth-order valence-corrected chi connectivity index (χ4v) is 8.28. The molecule has 1 unspecified atom stereocenters. The molecule has 280 valence electrons. The molecule has 2 fully saturated rings. The van der Waals surface area contributed by atoms with Gasteiger partial charge in [0, 0.05) is 11.5 Å². The van der Waals surface area contributed by atoms with Gasteiger partial charge in [-0.05, 0) is 123 Å². The Labute approximate surface area is 308 Å². The summed E-state index contributed by atoms with van der Waals surface area (Å²) < 4.78 is 16.3. The molecule has 2 aliphatic rings. The molecule has 2 aliphatic carbocycles. The van der Waals surface area contributed by atoms with Gasteiger partial charge in [0.2, 0.25) is 0 Å². The fourth-order valence-electron chi connectivity index (χ4n) is 8.28. The van der Waals surface area contributed by atoms with E-state index >= 15 is 0 Å². The molecule has 2 aromatic carbocycles. The van der Waals surface area contributed by atoms with Gasteiger partial charge in [0.1, 0.15) is 0 Å². The average Bonchev–Trinajstić information content (AvgIpc) is 3.16. The minimum absolute atomic E-state index is 0.0148. The monoisotopic (exact) mass is 700 g/mol. The molecule has 1 atom stereocenters. The Morgan fingerprint density at radius 3 is 2.10 bits per heavy atom. The summed E-state index contributed by atoms with van der Waals surface area (Å²) in [6.45, 7) is 14.0. The van der Waals surface area contributed by atoms with Crippen LogP contribution in [0.25, 0.3) is 11.1 Å². The number of benzene rings is 2. The number of aliphatic hydroxyl groups is 1. The highest BCUT2D eigenvalue weighted by molar-refractivity contribution is 5.88. The van der Waals surface area contributed by atoms with Crippen LogP contribution in [0.5, 0.6) is 0 Å². The van der Waals surface area contributed by atoms with Crippen LogP contribution >= 0.6 is 0 Å². The van der Waals surface area contributed by atoms with Crippen LogP contribution in [0.3, 0.4) is 0 Å². The number of hydrogen-bond acceptors (Lipinski definition) is 6. The molecule has 1 N–H and O–H groups in total. The molecule has 0 spiro atoms. The third-order valence-electron chi connectivity index (χ3n) is 11.4. The van der Waals surface area contributed by atoms with Crippen LogP contribution in [0.4, 0.5) is 0 Å². The molecule has 0 saturated heterocycles. The zero-order chi connectivity index (χ0) is 36.6. The molecule has 0 radical (unpaired) electrons. The second-order valence-electron chi connectivity index (χ2n) is 15.3. The normalized spacial score (nSPS) is 21.1. The minimum Gasteiger partial charge on any atom is -0.462 e. The van der Waals surface area contributed by atoms with E-state index in [2.05, 4.69) is 69.5 Å². The first-order chi connectivity index (χ1) is 24.7. The van der Waals surface area contributed by atoms with E-state index < -0.39 is 11.9 Å². The predicted octanol–water partition coefficient (Wildman–Crippen LogP) is 9.96. The Morgan fingerprint density at radius 2 is 1.49 bits per heavy atom. The number of carbonyl (C=O) groups is 2. The average molecular weight is 701 g/mol. The molecule has 4 rings (SSSR count). The van der Waals surface area contributed by atoms with Gasteiger partial charge < -0.3 is 19.3 Å². The Balaban J connectivity index is 1.25. The topological polar surface area (TPSA) is 82.1 Å². The largest absolute Gasteiger partial charge is 0.462 e. The van der Waals surface area contributed by atoms with Gasteiger partial charge in [-0.2, -0.15) is 0 Å². The Bertz CT molecular complexity index is 1390. The van der Waals surface area contributed by atoms with Crippen molar-refractivity contribution in [3.05, 3.63) is 83.5 Å². The molecule has 0 aromatic heterocycles. The van der Waals surface area contributed by atoms with Gasteiger partial charge >= 0.3 is 11.9 Å². The summed E-state index contributed by atoms with van der Waals surface area (Å²) in [6, 6.07) is 16.6. The summed E-state index contributed by atoms with van der Waals surface area (Å²) in [4.78, 5) is 24.6. The lowest BCUT2D eigenvalue weighted by molar-refractivity contribution is -0.145. The van der Waals surface area contributed by atoms with Crippen molar-refractivity contribution in [2.75, 3.05) is 33.0 Å². The third-order valence-corrected chi connectivity index (χ3v) is 11.4. The summed E-state index contributed by atoms with van der Waals surface area (Å²) in [5.74, 6) is 1.72. The summed E-state index contributed by atoms with van der Waals surface area (Å²) in [7, 11) is 0. The molecular weight excluding hydrogens is 636 g/mol. The smallest absolute Gasteiger partial charge is 0.335 e. The van der Waals surface area contributed by atoms with Crippen LogP contribution in [0.15, 0.2) is 66.8 Å². The number of rotatable bonds is 20. The molecule has 51 heavy (non-hydrogen) atoms. The lowest BCUT2D eigenvalue weighted by Crippen LogP contribution is -2.28. The first-order valence-electron chi connectivity index (χ1n) is 19.8. The van der Waals surface area contributed by atoms with Gasteiger partial charge in [0.25, 0.3) is 0 Å². The molecule has 6 heteroatoms. The highest BCUT2D eigenvalue weighted by Gasteiger charge is 2.32. The number of aliphatic hydroxyl groups excluding tert-OH is 1. The van der Waals surface area contributed by atoms with Crippen molar-refractivity contribution in [2.24, 2.45) is 23.7 Å². The van der Waals surface area contributed by atoms with E-state index in [4.69, 9.17) is 19.3 Å². The maximum Gasteiger partial charge on any atom is 0.335 e. The van der Waals surface area contributed by atoms with Crippen molar-refractivity contribution in [2.45, 2.75) is 117 Å². The highest BCUT2D eigenvalue weighted by atomic mass is 16.5. The predicted molar refractivity (Wildman–Crippen MR) is 207 cm³/mol. The molecule has 0 bridgehead atoms. The van der Waals surface area contributed by atoms with Gasteiger partial charge in [-0.1, -0.05) is 95.2 Å². The van der Waals surface area contributed by atoms with Crippen LogP contribution in [0.1, 0.15) is 120 Å². The first kappa shape index (κ1) is 40.5. The minimum atomic E-state index is -0.520. The number of ether oxygens (including phenoxy) is 3. The summed E-state index contributed by atoms with van der Waals surface area (Å²) in [5, 5.41) is 8.90. The second-order valence-corrected chi connectivity index (χ2v) is 15.3. The standard InChI is InChI=1S/C45H64O6/c1-6-8-9-10-34-11-17-41(18-12-34)43-24-23-42(28-37(43)7-2)40-21-19-39(20-22-40)38-15-13-35(14-16-38)27-36(30-50-44(47)32(3)4)31-51-45(48)33(5)29-49-26-25-46/h11-12,17-18,23-24,28,35-36,38-40,46H,3,5-10,13-16,19-22,25-27,29-31H2,1-2,4H3. The summed E-state index contributed by atoms with van der Waals surface area (Å²) >= 11 is 0. The Morgan fingerprint density at radius 1 is 0.843 bits per heavy atom. The van der Waals surface area contributed by atoms with Crippen molar-refractivity contribution in [3.8, 4) is 11.1 Å². The van der Waals surface area contributed by atoms with Gasteiger partial charge in [-0.15, -0.1) is 0 Å². The van der Waals surface area contributed by atoms with E-state index in [1.807, 2.05) is 0 Å². The van der Waals surface area contributed by atoms with Crippen LogP contribution in [0, 0.1) is 23.7 Å².